The van der Waals surface area contributed by atoms with Gasteiger partial charge in [0.1, 0.15) is 6.17 Å². The monoisotopic (exact) mass is 589 g/mol. The Morgan fingerprint density at radius 2 is 1.79 bits per heavy atom. The van der Waals surface area contributed by atoms with Gasteiger partial charge in [0.2, 0.25) is 5.91 Å². The highest BCUT2D eigenvalue weighted by Gasteiger charge is 2.57. The Morgan fingerprint density at radius 1 is 1.05 bits per heavy atom. The van der Waals surface area contributed by atoms with Gasteiger partial charge in [-0.25, -0.2) is 4.98 Å². The third-order valence-corrected chi connectivity index (χ3v) is 8.01. The Hall–Kier alpha value is -4.78. The predicted molar refractivity (Wildman–Crippen MR) is 152 cm³/mol. The number of methoxy groups -OCH3 is 1. The van der Waals surface area contributed by atoms with Crippen LogP contribution in [0, 0.1) is 11.8 Å². The Morgan fingerprint density at radius 3 is 2.53 bits per heavy atom. The second-order valence-electron chi connectivity index (χ2n) is 10.7. The third kappa shape index (κ3) is 5.20. The Bertz CT molecular complexity index is 1700. The topological polar surface area (TPSA) is 118 Å². The van der Waals surface area contributed by atoms with Crippen molar-refractivity contribution in [2.75, 3.05) is 35.7 Å². The number of ether oxygens (including phenoxy) is 1. The molecule has 2 N–H and O–H groups in total. The second-order valence-corrected chi connectivity index (χ2v) is 10.7. The number of aromatic nitrogens is 3. The molecule has 43 heavy (non-hydrogen) atoms. The van der Waals surface area contributed by atoms with Crippen molar-refractivity contribution in [2.24, 2.45) is 16.8 Å². The van der Waals surface area contributed by atoms with Crippen molar-refractivity contribution in [3.63, 3.8) is 0 Å². The van der Waals surface area contributed by atoms with Gasteiger partial charge in [-0.1, -0.05) is 53.6 Å². The summed E-state index contributed by atoms with van der Waals surface area (Å²) in [6, 6.07) is 18.0. The molecule has 1 amide bonds. The van der Waals surface area contributed by atoms with E-state index in [0.717, 1.165) is 23.4 Å². The number of aliphatic imine (C=N–C) groups is 1. The molecule has 2 aromatic carbocycles. The van der Waals surface area contributed by atoms with Crippen LogP contribution in [0.3, 0.4) is 0 Å². The number of anilines is 3. The van der Waals surface area contributed by atoms with Crippen LogP contribution in [-0.4, -0.2) is 59.3 Å². The highest BCUT2D eigenvalue weighted by Crippen LogP contribution is 2.50. The molecule has 3 aliphatic rings. The third-order valence-electron chi connectivity index (χ3n) is 8.01. The molecule has 4 heterocycles. The van der Waals surface area contributed by atoms with Gasteiger partial charge < -0.3 is 24.7 Å². The maximum absolute atomic E-state index is 13.6. The van der Waals surface area contributed by atoms with Gasteiger partial charge in [-0.3, -0.25) is 9.79 Å². The number of nitrogens with one attached hydrogen (secondary N) is 2. The molecular formula is C30H26F3N7O3. The fraction of sp³-hybridized carbons (Fsp3) is 0.300. The minimum Gasteiger partial charge on any atom is -0.402 e. The lowest BCUT2D eigenvalue weighted by atomic mass is 9.99. The lowest BCUT2D eigenvalue weighted by Gasteiger charge is -2.24. The molecule has 0 bridgehead atoms. The SMILES string of the molecule is COC1C2CN(c3cc(C(F)(F)F)cnc3-c3nnc(N[C@@H]4CC(=O)Nc5ccccc5C(c5ccccc5)=N4)o3)CC21. The molecular weight excluding hydrogens is 563 g/mol. The molecule has 1 saturated carbocycles. The van der Waals surface area contributed by atoms with Crippen LogP contribution in [0.5, 0.6) is 0 Å². The average Bonchev–Trinajstić information content (AvgIpc) is 3.28. The molecule has 13 heteroatoms. The summed E-state index contributed by atoms with van der Waals surface area (Å²) >= 11 is 0. The zero-order chi connectivity index (χ0) is 29.7. The number of rotatable bonds is 6. The Kier molecular flexibility index (Phi) is 6.61. The number of alkyl halides is 3. The Balaban J connectivity index is 1.21. The van der Waals surface area contributed by atoms with Gasteiger partial charge in [0.25, 0.3) is 5.89 Å². The number of halogens is 3. The quantitative estimate of drug-likeness (QED) is 0.328. The van der Waals surface area contributed by atoms with Crippen molar-refractivity contribution in [3.05, 3.63) is 83.6 Å². The van der Waals surface area contributed by atoms with E-state index in [1.165, 1.54) is 0 Å². The van der Waals surface area contributed by atoms with Crippen LogP contribution in [0.1, 0.15) is 23.1 Å². The number of pyridine rings is 1. The number of hydrogen-bond donors (Lipinski definition) is 2. The first-order valence-corrected chi connectivity index (χ1v) is 13.8. The van der Waals surface area contributed by atoms with Crippen molar-refractivity contribution in [1.29, 1.82) is 0 Å². The molecule has 2 unspecified atom stereocenters. The Labute approximate surface area is 244 Å². The van der Waals surface area contributed by atoms with E-state index in [-0.39, 0.29) is 53.6 Å². The molecule has 1 aliphatic carbocycles. The number of carbonyl (C=O) groups is 1. The van der Waals surface area contributed by atoms with Crippen molar-refractivity contribution < 1.29 is 27.1 Å². The summed E-state index contributed by atoms with van der Waals surface area (Å²) in [6.07, 6.45) is -4.51. The smallest absolute Gasteiger partial charge is 0.402 e. The van der Waals surface area contributed by atoms with Crippen molar-refractivity contribution >= 4 is 29.0 Å². The fourth-order valence-electron chi connectivity index (χ4n) is 5.91. The van der Waals surface area contributed by atoms with Gasteiger partial charge in [-0.15, -0.1) is 5.10 Å². The van der Waals surface area contributed by atoms with E-state index in [9.17, 15) is 18.0 Å². The molecule has 220 valence electrons. The number of amides is 1. The average molecular weight is 590 g/mol. The first kappa shape index (κ1) is 27.1. The first-order valence-electron chi connectivity index (χ1n) is 13.8. The van der Waals surface area contributed by atoms with Gasteiger partial charge in [-0.2, -0.15) is 13.2 Å². The van der Waals surface area contributed by atoms with E-state index >= 15 is 0 Å². The van der Waals surface area contributed by atoms with E-state index in [4.69, 9.17) is 14.1 Å². The summed E-state index contributed by atoms with van der Waals surface area (Å²) in [5.41, 5.74) is 2.43. The number of carbonyl (C=O) groups excluding carboxylic acids is 1. The predicted octanol–water partition coefficient (Wildman–Crippen LogP) is 4.85. The van der Waals surface area contributed by atoms with Crippen LogP contribution < -0.4 is 15.5 Å². The summed E-state index contributed by atoms with van der Waals surface area (Å²) in [5.74, 6) is 0.177. The molecule has 3 atom stereocenters. The number of hydrogen-bond acceptors (Lipinski definition) is 9. The molecule has 0 radical (unpaired) electrons. The molecule has 2 fully saturated rings. The lowest BCUT2D eigenvalue weighted by Crippen LogP contribution is -2.29. The van der Waals surface area contributed by atoms with Crippen LogP contribution in [0.4, 0.5) is 30.6 Å². The molecule has 2 aliphatic heterocycles. The van der Waals surface area contributed by atoms with Crippen molar-refractivity contribution in [3.8, 4) is 11.6 Å². The number of benzene rings is 2. The van der Waals surface area contributed by atoms with Gasteiger partial charge >= 0.3 is 12.2 Å². The van der Waals surface area contributed by atoms with Crippen LogP contribution in [-0.2, 0) is 15.7 Å². The molecule has 10 nitrogen and oxygen atoms in total. The zero-order valence-electron chi connectivity index (χ0n) is 22.9. The zero-order valence-corrected chi connectivity index (χ0v) is 22.9. The summed E-state index contributed by atoms with van der Waals surface area (Å²) < 4.78 is 52.2. The number of para-hydroxylation sites is 1. The van der Waals surface area contributed by atoms with Crippen LogP contribution in [0.2, 0.25) is 0 Å². The van der Waals surface area contributed by atoms with Gasteiger partial charge in [0.15, 0.2) is 5.69 Å². The van der Waals surface area contributed by atoms with Crippen molar-refractivity contribution in [2.45, 2.75) is 24.9 Å². The largest absolute Gasteiger partial charge is 0.417 e. The summed E-state index contributed by atoms with van der Waals surface area (Å²) in [7, 11) is 1.64. The fourth-order valence-corrected chi connectivity index (χ4v) is 5.91. The van der Waals surface area contributed by atoms with Crippen LogP contribution >= 0.6 is 0 Å². The minimum absolute atomic E-state index is 0.0383. The molecule has 4 aromatic rings. The molecule has 7 rings (SSSR count). The number of fused-ring (bicyclic) bond motifs is 2. The highest BCUT2D eigenvalue weighted by molar-refractivity contribution is 6.17. The summed E-state index contributed by atoms with van der Waals surface area (Å²) in [6.45, 7) is 1.07. The molecule has 0 spiro atoms. The standard InChI is InChI=1S/C30H26F3N7O3/c1-42-27-19-14-40(15-20(19)27)22-11-17(30(31,32)33)13-34-26(22)28-38-39-29(43-28)37-23-12-24(41)35-21-10-6-5-9-18(21)25(36-23)16-7-3-2-4-8-16/h2-11,13,19-20,23,27H,12,14-15H2,1H3,(H,35,41)(H,37,39)/t19?,20?,23-,27?/m1/s1. The molecule has 1 saturated heterocycles. The summed E-state index contributed by atoms with van der Waals surface area (Å²) in [4.78, 5) is 23.7. The first-order chi connectivity index (χ1) is 20.8. The maximum Gasteiger partial charge on any atom is 0.417 e. The van der Waals surface area contributed by atoms with E-state index in [0.29, 0.717) is 24.5 Å². The molecule has 2 aromatic heterocycles. The van der Waals surface area contributed by atoms with Crippen LogP contribution in [0.15, 0.2) is 76.3 Å². The summed E-state index contributed by atoms with van der Waals surface area (Å²) in [5, 5.41) is 14.1. The number of piperidine rings is 1. The maximum atomic E-state index is 13.6. The van der Waals surface area contributed by atoms with Gasteiger partial charge in [0, 0.05) is 49.4 Å². The highest BCUT2D eigenvalue weighted by atomic mass is 19.4. The number of nitrogens with zero attached hydrogens (tertiary/aromatic N) is 5. The normalized spacial score (nSPS) is 23.0. The van der Waals surface area contributed by atoms with Crippen molar-refractivity contribution in [1.82, 2.24) is 15.2 Å². The lowest BCUT2D eigenvalue weighted by molar-refractivity contribution is -0.137. The van der Waals surface area contributed by atoms with E-state index in [1.54, 1.807) is 7.11 Å². The van der Waals surface area contributed by atoms with E-state index in [2.05, 4.69) is 25.8 Å². The second kappa shape index (κ2) is 10.5. The van der Waals surface area contributed by atoms with E-state index < -0.39 is 17.9 Å². The van der Waals surface area contributed by atoms with E-state index in [1.807, 2.05) is 59.5 Å². The van der Waals surface area contributed by atoms with Gasteiger partial charge in [-0.05, 0) is 12.1 Å². The minimum atomic E-state index is -4.56. The van der Waals surface area contributed by atoms with Crippen LogP contribution in [0.25, 0.3) is 11.6 Å². The van der Waals surface area contributed by atoms with Gasteiger partial charge in [0.05, 0.1) is 35.2 Å².